The van der Waals surface area contributed by atoms with E-state index in [0.717, 1.165) is 15.3 Å². The fraction of sp³-hybridized carbons (Fsp3) is 0.250. The molecule has 0 fully saturated rings. The summed E-state index contributed by atoms with van der Waals surface area (Å²) < 4.78 is 14.1. The second-order valence-electron chi connectivity index (χ2n) is 4.72. The van der Waals surface area contributed by atoms with E-state index in [1.54, 1.807) is 0 Å². The van der Waals surface area contributed by atoms with Gasteiger partial charge in [-0.25, -0.2) is 9.37 Å². The molecule has 0 saturated heterocycles. The van der Waals surface area contributed by atoms with Crippen molar-refractivity contribution in [2.45, 2.75) is 19.9 Å². The third-order valence-corrected chi connectivity index (χ3v) is 4.49. The SMILES string of the molecule is CCc1nc2sc(-c3ccccc3)cc2c(=O)n1CCF. The second kappa shape index (κ2) is 5.77. The highest BCUT2D eigenvalue weighted by molar-refractivity contribution is 7.21. The van der Waals surface area contributed by atoms with Crippen LogP contribution in [0, 0.1) is 0 Å². The maximum atomic E-state index is 12.7. The molecule has 2 heterocycles. The number of aryl methyl sites for hydroxylation is 1. The van der Waals surface area contributed by atoms with Gasteiger partial charge in [-0.1, -0.05) is 37.3 Å². The number of fused-ring (bicyclic) bond motifs is 1. The third kappa shape index (κ3) is 2.49. The van der Waals surface area contributed by atoms with E-state index < -0.39 is 6.67 Å². The second-order valence-corrected chi connectivity index (χ2v) is 5.75. The lowest BCUT2D eigenvalue weighted by Crippen LogP contribution is -2.25. The van der Waals surface area contributed by atoms with Gasteiger partial charge in [0, 0.05) is 11.3 Å². The first-order chi connectivity index (χ1) is 10.2. The zero-order valence-electron chi connectivity index (χ0n) is 11.7. The maximum absolute atomic E-state index is 12.7. The van der Waals surface area contributed by atoms with E-state index in [2.05, 4.69) is 4.98 Å². The summed E-state index contributed by atoms with van der Waals surface area (Å²) in [5.74, 6) is 0.645. The zero-order chi connectivity index (χ0) is 14.8. The van der Waals surface area contributed by atoms with Crippen LogP contribution in [-0.2, 0) is 13.0 Å². The van der Waals surface area contributed by atoms with Crippen molar-refractivity contribution in [1.82, 2.24) is 9.55 Å². The molecule has 3 nitrogen and oxygen atoms in total. The summed E-state index contributed by atoms with van der Waals surface area (Å²) in [6.07, 6.45) is 0.615. The molecule has 0 saturated carbocycles. The normalized spacial score (nSPS) is 11.1. The van der Waals surface area contributed by atoms with Crippen molar-refractivity contribution in [3.8, 4) is 10.4 Å². The molecular formula is C16H15FN2OS. The van der Waals surface area contributed by atoms with Gasteiger partial charge in [-0.15, -0.1) is 11.3 Å². The van der Waals surface area contributed by atoms with Crippen molar-refractivity contribution in [3.05, 3.63) is 52.6 Å². The fourth-order valence-electron chi connectivity index (χ4n) is 2.39. The Morgan fingerprint density at radius 1 is 1.29 bits per heavy atom. The van der Waals surface area contributed by atoms with Crippen molar-refractivity contribution < 1.29 is 4.39 Å². The minimum Gasteiger partial charge on any atom is -0.293 e. The molecule has 0 aliphatic heterocycles. The molecule has 21 heavy (non-hydrogen) atoms. The maximum Gasteiger partial charge on any atom is 0.262 e. The van der Waals surface area contributed by atoms with Crippen molar-refractivity contribution >= 4 is 21.6 Å². The van der Waals surface area contributed by atoms with Crippen LogP contribution in [0.15, 0.2) is 41.2 Å². The highest BCUT2D eigenvalue weighted by atomic mass is 32.1. The monoisotopic (exact) mass is 302 g/mol. The van der Waals surface area contributed by atoms with Crippen LogP contribution in [0.2, 0.25) is 0 Å². The Bertz CT molecular complexity index is 823. The molecule has 1 aromatic carbocycles. The lowest BCUT2D eigenvalue weighted by atomic mass is 10.2. The van der Waals surface area contributed by atoms with Gasteiger partial charge in [0.15, 0.2) is 0 Å². The minimum absolute atomic E-state index is 0.0709. The summed E-state index contributed by atoms with van der Waals surface area (Å²) in [5, 5.41) is 0.574. The largest absolute Gasteiger partial charge is 0.293 e. The van der Waals surface area contributed by atoms with Gasteiger partial charge in [-0.3, -0.25) is 9.36 Å². The van der Waals surface area contributed by atoms with Crippen molar-refractivity contribution in [2.75, 3.05) is 6.67 Å². The number of thiophene rings is 1. The Balaban J connectivity index is 2.22. The first-order valence-corrected chi connectivity index (χ1v) is 7.71. The Labute approximate surface area is 125 Å². The predicted molar refractivity (Wildman–Crippen MR) is 84.7 cm³/mol. The molecular weight excluding hydrogens is 287 g/mol. The molecule has 5 heteroatoms. The molecule has 0 spiro atoms. The van der Waals surface area contributed by atoms with E-state index >= 15 is 0 Å². The summed E-state index contributed by atoms with van der Waals surface area (Å²) >= 11 is 1.50. The van der Waals surface area contributed by atoms with Crippen LogP contribution in [0.25, 0.3) is 20.7 Å². The van der Waals surface area contributed by atoms with Gasteiger partial charge in [-0.05, 0) is 11.6 Å². The highest BCUT2D eigenvalue weighted by Gasteiger charge is 2.13. The molecule has 0 unspecified atom stereocenters. The van der Waals surface area contributed by atoms with E-state index in [-0.39, 0.29) is 12.1 Å². The number of rotatable bonds is 4. The molecule has 0 atom stereocenters. The van der Waals surface area contributed by atoms with Gasteiger partial charge >= 0.3 is 0 Å². The number of nitrogens with zero attached hydrogens (tertiary/aromatic N) is 2. The number of benzene rings is 1. The lowest BCUT2D eigenvalue weighted by Gasteiger charge is -2.08. The van der Waals surface area contributed by atoms with Gasteiger partial charge in [0.1, 0.15) is 17.3 Å². The van der Waals surface area contributed by atoms with E-state index in [1.807, 2.05) is 43.3 Å². The van der Waals surface area contributed by atoms with Crippen LogP contribution >= 0.6 is 11.3 Å². The standard InChI is InChI=1S/C16H15FN2OS/c1-2-14-18-15-12(16(20)19(14)9-8-17)10-13(21-15)11-6-4-3-5-7-11/h3-7,10H,2,8-9H2,1H3. The fourth-order valence-corrected chi connectivity index (χ4v) is 3.43. The molecule has 3 aromatic rings. The molecule has 108 valence electrons. The van der Waals surface area contributed by atoms with Crippen LogP contribution in [-0.4, -0.2) is 16.2 Å². The summed E-state index contributed by atoms with van der Waals surface area (Å²) in [6, 6.07) is 11.8. The van der Waals surface area contributed by atoms with Crippen molar-refractivity contribution in [2.24, 2.45) is 0 Å². The van der Waals surface area contributed by atoms with Crippen molar-refractivity contribution in [3.63, 3.8) is 0 Å². The van der Waals surface area contributed by atoms with E-state index in [9.17, 15) is 9.18 Å². The van der Waals surface area contributed by atoms with Crippen LogP contribution in [0.1, 0.15) is 12.7 Å². The Morgan fingerprint density at radius 3 is 2.71 bits per heavy atom. The van der Waals surface area contributed by atoms with Crippen LogP contribution in [0.3, 0.4) is 0 Å². The number of hydrogen-bond donors (Lipinski definition) is 0. The molecule has 2 aromatic heterocycles. The number of aromatic nitrogens is 2. The summed E-state index contributed by atoms with van der Waals surface area (Å²) in [6.45, 7) is 1.44. The van der Waals surface area contributed by atoms with Crippen LogP contribution in [0.4, 0.5) is 4.39 Å². The zero-order valence-corrected chi connectivity index (χ0v) is 12.5. The van der Waals surface area contributed by atoms with Gasteiger partial charge < -0.3 is 0 Å². The topological polar surface area (TPSA) is 34.9 Å². The van der Waals surface area contributed by atoms with Crippen LogP contribution < -0.4 is 5.56 Å². The Morgan fingerprint density at radius 2 is 2.05 bits per heavy atom. The molecule has 3 rings (SSSR count). The average molecular weight is 302 g/mol. The van der Waals surface area contributed by atoms with Crippen molar-refractivity contribution in [1.29, 1.82) is 0 Å². The number of hydrogen-bond acceptors (Lipinski definition) is 3. The van der Waals surface area contributed by atoms with Gasteiger partial charge in [0.25, 0.3) is 5.56 Å². The first kappa shape index (κ1) is 13.9. The van der Waals surface area contributed by atoms with E-state index in [4.69, 9.17) is 0 Å². The average Bonchev–Trinajstić information content (AvgIpc) is 2.95. The predicted octanol–water partition coefficient (Wildman–Crippen LogP) is 3.66. The molecule has 0 N–H and O–H groups in total. The highest BCUT2D eigenvalue weighted by Crippen LogP contribution is 2.30. The Kier molecular flexibility index (Phi) is 3.84. The van der Waals surface area contributed by atoms with E-state index in [1.165, 1.54) is 15.9 Å². The van der Waals surface area contributed by atoms with E-state index in [0.29, 0.717) is 17.6 Å². The molecule has 0 aliphatic rings. The van der Waals surface area contributed by atoms with Gasteiger partial charge in [0.05, 0.1) is 11.9 Å². The lowest BCUT2D eigenvalue weighted by molar-refractivity contribution is 0.432. The minimum atomic E-state index is -0.560. The summed E-state index contributed by atoms with van der Waals surface area (Å²) in [7, 11) is 0. The quantitative estimate of drug-likeness (QED) is 0.737. The first-order valence-electron chi connectivity index (χ1n) is 6.89. The van der Waals surface area contributed by atoms with Gasteiger partial charge in [0.2, 0.25) is 0 Å². The number of halogens is 1. The molecule has 0 aliphatic carbocycles. The van der Waals surface area contributed by atoms with Crippen LogP contribution in [0.5, 0.6) is 0 Å². The smallest absolute Gasteiger partial charge is 0.262 e. The molecule has 0 bridgehead atoms. The van der Waals surface area contributed by atoms with Gasteiger partial charge in [-0.2, -0.15) is 0 Å². The summed E-state index contributed by atoms with van der Waals surface area (Å²) in [4.78, 5) is 18.8. The Hall–Kier alpha value is -2.01. The summed E-state index contributed by atoms with van der Waals surface area (Å²) in [5.41, 5.74) is 0.919. The number of alkyl halides is 1. The third-order valence-electron chi connectivity index (χ3n) is 3.41. The molecule has 0 amide bonds. The molecule has 0 radical (unpaired) electrons.